The Morgan fingerprint density at radius 3 is 2.80 bits per heavy atom. The van der Waals surface area contributed by atoms with Gasteiger partial charge in [-0.05, 0) is 30.5 Å². The van der Waals surface area contributed by atoms with Gasteiger partial charge in [-0.1, -0.05) is 12.1 Å². The summed E-state index contributed by atoms with van der Waals surface area (Å²) in [6.45, 7) is 2.36. The van der Waals surface area contributed by atoms with Gasteiger partial charge in [-0.3, -0.25) is 11.3 Å². The lowest BCUT2D eigenvalue weighted by atomic mass is 10.0. The molecular weight excluding hydrogens is 195 g/mol. The topological polar surface area (TPSA) is 47.3 Å². The van der Waals surface area contributed by atoms with Crippen molar-refractivity contribution < 1.29 is 9.13 Å². The summed E-state index contributed by atoms with van der Waals surface area (Å²) >= 11 is 0. The van der Waals surface area contributed by atoms with Crippen molar-refractivity contribution in [2.45, 2.75) is 19.4 Å². The normalized spacial score (nSPS) is 12.8. The molecule has 3 nitrogen and oxygen atoms in total. The average molecular weight is 212 g/mol. The average Bonchev–Trinajstić information content (AvgIpc) is 2.24. The van der Waals surface area contributed by atoms with E-state index in [9.17, 15) is 4.39 Å². The third-order valence-corrected chi connectivity index (χ3v) is 2.40. The van der Waals surface area contributed by atoms with Gasteiger partial charge in [0.2, 0.25) is 0 Å². The minimum atomic E-state index is -0.193. The first-order valence-electron chi connectivity index (χ1n) is 4.90. The highest BCUT2D eigenvalue weighted by molar-refractivity contribution is 5.26. The predicted molar refractivity (Wildman–Crippen MR) is 57.7 cm³/mol. The minimum absolute atomic E-state index is 0.00394. The Balaban J connectivity index is 2.78. The third-order valence-electron chi connectivity index (χ3n) is 2.40. The number of rotatable bonds is 5. The van der Waals surface area contributed by atoms with Crippen LogP contribution < -0.4 is 11.3 Å². The van der Waals surface area contributed by atoms with Crippen LogP contribution >= 0.6 is 0 Å². The summed E-state index contributed by atoms with van der Waals surface area (Å²) in [4.78, 5) is 0. The molecule has 0 bridgehead atoms. The number of benzene rings is 1. The molecule has 0 radical (unpaired) electrons. The number of hydrogen-bond acceptors (Lipinski definition) is 3. The van der Waals surface area contributed by atoms with E-state index < -0.39 is 0 Å². The van der Waals surface area contributed by atoms with E-state index in [1.165, 1.54) is 6.07 Å². The Bertz CT molecular complexity index is 317. The highest BCUT2D eigenvalue weighted by Gasteiger charge is 2.10. The molecule has 0 saturated heterocycles. The van der Waals surface area contributed by atoms with Gasteiger partial charge in [-0.25, -0.2) is 4.39 Å². The molecule has 84 valence electrons. The zero-order valence-corrected chi connectivity index (χ0v) is 9.09. The molecule has 0 spiro atoms. The fourth-order valence-corrected chi connectivity index (χ4v) is 1.47. The zero-order valence-electron chi connectivity index (χ0n) is 9.09. The van der Waals surface area contributed by atoms with E-state index in [-0.39, 0.29) is 11.9 Å². The third kappa shape index (κ3) is 3.27. The molecule has 0 amide bonds. The monoisotopic (exact) mass is 212 g/mol. The van der Waals surface area contributed by atoms with E-state index in [0.29, 0.717) is 12.2 Å². The molecule has 0 saturated carbocycles. The molecule has 0 fully saturated rings. The van der Waals surface area contributed by atoms with Crippen LogP contribution in [0.2, 0.25) is 0 Å². The molecule has 0 aliphatic carbocycles. The number of nitrogens with one attached hydrogen (secondary N) is 1. The van der Waals surface area contributed by atoms with Gasteiger partial charge in [0.25, 0.3) is 0 Å². The van der Waals surface area contributed by atoms with Gasteiger partial charge in [-0.2, -0.15) is 0 Å². The first-order chi connectivity index (χ1) is 7.19. The van der Waals surface area contributed by atoms with Crippen LogP contribution in [0.4, 0.5) is 4.39 Å². The van der Waals surface area contributed by atoms with Crippen molar-refractivity contribution >= 4 is 0 Å². The first kappa shape index (κ1) is 12.1. The van der Waals surface area contributed by atoms with Crippen molar-refractivity contribution in [1.82, 2.24) is 5.43 Å². The lowest BCUT2D eigenvalue weighted by molar-refractivity contribution is 0.183. The second-order valence-electron chi connectivity index (χ2n) is 3.51. The molecule has 1 aromatic rings. The maximum atomic E-state index is 13.0. The van der Waals surface area contributed by atoms with Crippen molar-refractivity contribution in [1.29, 1.82) is 0 Å². The van der Waals surface area contributed by atoms with Gasteiger partial charge < -0.3 is 4.74 Å². The highest BCUT2D eigenvalue weighted by atomic mass is 19.1. The van der Waals surface area contributed by atoms with Crippen LogP contribution in [-0.2, 0) is 4.74 Å². The summed E-state index contributed by atoms with van der Waals surface area (Å²) in [6, 6.07) is 5.00. The van der Waals surface area contributed by atoms with Crippen LogP contribution in [0.5, 0.6) is 0 Å². The summed E-state index contributed by atoms with van der Waals surface area (Å²) in [6.07, 6.45) is 0.762. The van der Waals surface area contributed by atoms with Crippen molar-refractivity contribution in [3.63, 3.8) is 0 Å². The molecule has 0 aromatic heterocycles. The van der Waals surface area contributed by atoms with E-state index in [4.69, 9.17) is 10.6 Å². The summed E-state index contributed by atoms with van der Waals surface area (Å²) in [7, 11) is 1.64. The number of hydrazine groups is 1. The fraction of sp³-hybridized carbons (Fsp3) is 0.455. The SMILES string of the molecule is COCCC(NN)c1ccc(F)c(C)c1. The summed E-state index contributed by atoms with van der Waals surface area (Å²) < 4.78 is 18.0. The van der Waals surface area contributed by atoms with Crippen molar-refractivity contribution in [3.8, 4) is 0 Å². The van der Waals surface area contributed by atoms with Gasteiger partial charge in [-0.15, -0.1) is 0 Å². The van der Waals surface area contributed by atoms with E-state index >= 15 is 0 Å². The molecule has 1 atom stereocenters. The van der Waals surface area contributed by atoms with Gasteiger partial charge in [0.05, 0.1) is 0 Å². The van der Waals surface area contributed by atoms with Crippen molar-refractivity contribution in [3.05, 3.63) is 35.1 Å². The van der Waals surface area contributed by atoms with E-state index in [1.54, 1.807) is 26.2 Å². The quantitative estimate of drug-likeness (QED) is 0.576. The van der Waals surface area contributed by atoms with Crippen LogP contribution in [0.15, 0.2) is 18.2 Å². The number of ether oxygens (including phenoxy) is 1. The molecule has 0 heterocycles. The molecule has 1 aromatic carbocycles. The molecule has 15 heavy (non-hydrogen) atoms. The molecular formula is C11H17FN2O. The second kappa shape index (κ2) is 5.80. The maximum Gasteiger partial charge on any atom is 0.126 e. The first-order valence-corrected chi connectivity index (χ1v) is 4.90. The Morgan fingerprint density at radius 2 is 2.27 bits per heavy atom. The van der Waals surface area contributed by atoms with Crippen molar-refractivity contribution in [2.24, 2.45) is 5.84 Å². The molecule has 1 unspecified atom stereocenters. The number of nitrogens with two attached hydrogens (primary N) is 1. The second-order valence-corrected chi connectivity index (χ2v) is 3.51. The van der Waals surface area contributed by atoms with E-state index in [0.717, 1.165) is 12.0 Å². The van der Waals surface area contributed by atoms with Gasteiger partial charge in [0.15, 0.2) is 0 Å². The molecule has 0 aliphatic heterocycles. The number of aryl methyl sites for hydroxylation is 1. The molecule has 0 aliphatic rings. The molecule has 3 N–H and O–H groups in total. The van der Waals surface area contributed by atoms with Crippen molar-refractivity contribution in [2.75, 3.05) is 13.7 Å². The van der Waals surface area contributed by atoms with Gasteiger partial charge in [0.1, 0.15) is 5.82 Å². The lowest BCUT2D eigenvalue weighted by Gasteiger charge is -2.16. The van der Waals surface area contributed by atoms with Crippen LogP contribution in [0.1, 0.15) is 23.6 Å². The Hall–Kier alpha value is -0.970. The predicted octanol–water partition coefficient (Wildman–Crippen LogP) is 1.68. The van der Waals surface area contributed by atoms with Crippen LogP contribution in [-0.4, -0.2) is 13.7 Å². The van der Waals surface area contributed by atoms with Crippen LogP contribution in [0, 0.1) is 12.7 Å². The van der Waals surface area contributed by atoms with Crippen LogP contribution in [0.3, 0.4) is 0 Å². The number of halogens is 1. The minimum Gasteiger partial charge on any atom is -0.385 e. The summed E-state index contributed by atoms with van der Waals surface area (Å²) in [5.41, 5.74) is 4.31. The fourth-order valence-electron chi connectivity index (χ4n) is 1.47. The van der Waals surface area contributed by atoms with E-state index in [2.05, 4.69) is 5.43 Å². The molecule has 1 rings (SSSR count). The largest absolute Gasteiger partial charge is 0.385 e. The van der Waals surface area contributed by atoms with Crippen LogP contribution in [0.25, 0.3) is 0 Å². The lowest BCUT2D eigenvalue weighted by Crippen LogP contribution is -2.29. The summed E-state index contributed by atoms with van der Waals surface area (Å²) in [5.74, 6) is 5.24. The Morgan fingerprint density at radius 1 is 1.53 bits per heavy atom. The number of methoxy groups -OCH3 is 1. The smallest absolute Gasteiger partial charge is 0.126 e. The molecule has 4 heteroatoms. The Kier molecular flexibility index (Phi) is 4.68. The van der Waals surface area contributed by atoms with Gasteiger partial charge >= 0.3 is 0 Å². The van der Waals surface area contributed by atoms with E-state index in [1.807, 2.05) is 0 Å². The maximum absolute atomic E-state index is 13.0. The standard InChI is InChI=1S/C11H17FN2O/c1-8-7-9(3-4-10(8)12)11(14-13)5-6-15-2/h3-4,7,11,14H,5-6,13H2,1-2H3. The Labute approximate surface area is 89.4 Å². The summed E-state index contributed by atoms with van der Waals surface area (Å²) in [5, 5.41) is 0. The van der Waals surface area contributed by atoms with Gasteiger partial charge in [0, 0.05) is 19.8 Å². The highest BCUT2D eigenvalue weighted by Crippen LogP contribution is 2.18. The number of hydrogen-bond donors (Lipinski definition) is 2. The zero-order chi connectivity index (χ0) is 11.3.